The highest BCUT2D eigenvalue weighted by Gasteiger charge is 2.67. The summed E-state index contributed by atoms with van der Waals surface area (Å²) >= 11 is 0. The molecular formula is C43H43F8N7O5S2. The number of halogens is 8. The van der Waals surface area contributed by atoms with Crippen molar-refractivity contribution in [1.29, 1.82) is 0 Å². The lowest BCUT2D eigenvalue weighted by molar-refractivity contribution is -0.123. The van der Waals surface area contributed by atoms with Crippen LogP contribution in [0.25, 0.3) is 22.0 Å². The SMILES string of the molecule is CC(C)(CCc1ccc(-c2cccc3c(NS(=O)(=O)C4CC4)nn(CC(F)F)c23)c([C@H](Cc2cc(F)cc(F)c2)NC(=O)Cn2nc(C(F)F)c3c2C(F)(F)C2C[C@H]32)n1)S(=O)(=O)C1CC1. The molecular weight excluding hydrogens is 911 g/mol. The summed E-state index contributed by atoms with van der Waals surface area (Å²) in [6.45, 7) is 1.21. The molecule has 65 heavy (non-hydrogen) atoms. The van der Waals surface area contributed by atoms with E-state index in [-0.39, 0.29) is 69.6 Å². The second-order valence-electron chi connectivity index (χ2n) is 18.0. The van der Waals surface area contributed by atoms with Gasteiger partial charge in [-0.15, -0.1) is 0 Å². The predicted octanol–water partition coefficient (Wildman–Crippen LogP) is 8.28. The molecule has 0 saturated heterocycles. The molecule has 12 nitrogen and oxygen atoms in total. The van der Waals surface area contributed by atoms with Crippen LogP contribution in [0.5, 0.6) is 0 Å². The molecule has 348 valence electrons. The van der Waals surface area contributed by atoms with Crippen molar-refractivity contribution < 1.29 is 56.8 Å². The Morgan fingerprint density at radius 1 is 0.892 bits per heavy atom. The minimum Gasteiger partial charge on any atom is -0.346 e. The van der Waals surface area contributed by atoms with Gasteiger partial charge < -0.3 is 5.32 Å². The molecule has 9 rings (SSSR count). The zero-order valence-electron chi connectivity index (χ0n) is 34.8. The Bertz CT molecular complexity index is 2930. The van der Waals surface area contributed by atoms with Crippen molar-refractivity contribution in [1.82, 2.24) is 29.9 Å². The monoisotopic (exact) mass is 953 g/mol. The topological polar surface area (TPSA) is 158 Å². The molecule has 0 radical (unpaired) electrons. The number of sulfone groups is 1. The molecule has 3 atom stereocenters. The fourth-order valence-corrected chi connectivity index (χ4v) is 12.5. The molecule has 4 aliphatic carbocycles. The Morgan fingerprint density at radius 2 is 1.58 bits per heavy atom. The number of hydrogen-bond acceptors (Lipinski definition) is 8. The van der Waals surface area contributed by atoms with E-state index in [4.69, 9.17) is 4.98 Å². The third kappa shape index (κ3) is 8.48. The van der Waals surface area contributed by atoms with E-state index in [2.05, 4.69) is 20.2 Å². The van der Waals surface area contributed by atoms with Gasteiger partial charge in [-0.1, -0.05) is 18.2 Å². The van der Waals surface area contributed by atoms with Gasteiger partial charge in [-0.25, -0.2) is 43.2 Å². The van der Waals surface area contributed by atoms with Gasteiger partial charge >= 0.3 is 0 Å². The minimum atomic E-state index is -3.95. The highest BCUT2D eigenvalue weighted by Crippen LogP contribution is 2.68. The predicted molar refractivity (Wildman–Crippen MR) is 222 cm³/mol. The average Bonchev–Trinajstić information content (AvgIpc) is 4.10. The van der Waals surface area contributed by atoms with Crippen molar-refractivity contribution in [2.45, 2.75) is 124 Å². The molecule has 22 heteroatoms. The van der Waals surface area contributed by atoms with Crippen molar-refractivity contribution in [3.05, 3.63) is 94.1 Å². The van der Waals surface area contributed by atoms with E-state index in [0.717, 1.165) is 16.8 Å². The van der Waals surface area contributed by atoms with Crippen LogP contribution in [0, 0.1) is 17.6 Å². The van der Waals surface area contributed by atoms with Crippen molar-refractivity contribution in [3.8, 4) is 11.1 Å². The maximum atomic E-state index is 15.5. The minimum absolute atomic E-state index is 0.0167. The van der Waals surface area contributed by atoms with Gasteiger partial charge in [-0.2, -0.15) is 19.0 Å². The number of rotatable bonds is 18. The molecule has 1 unspecified atom stereocenters. The molecule has 1 amide bonds. The largest absolute Gasteiger partial charge is 0.346 e. The average molecular weight is 954 g/mol. The third-order valence-corrected chi connectivity index (χ3v) is 17.7. The second kappa shape index (κ2) is 16.0. The van der Waals surface area contributed by atoms with Crippen LogP contribution in [0.15, 0.2) is 48.5 Å². The number of hydrogen-bond donors (Lipinski definition) is 2. The van der Waals surface area contributed by atoms with E-state index in [1.54, 1.807) is 19.9 Å². The molecule has 3 aromatic heterocycles. The lowest BCUT2D eigenvalue weighted by atomic mass is 9.93. The van der Waals surface area contributed by atoms with Crippen LogP contribution in [-0.4, -0.2) is 69.0 Å². The lowest BCUT2D eigenvalue weighted by Gasteiger charge is -2.26. The highest BCUT2D eigenvalue weighted by molar-refractivity contribution is 7.93. The van der Waals surface area contributed by atoms with Crippen LogP contribution in [0.2, 0.25) is 0 Å². The van der Waals surface area contributed by atoms with Crippen molar-refractivity contribution in [2.24, 2.45) is 5.92 Å². The number of aryl methyl sites for hydroxylation is 1. The normalized spacial score (nSPS) is 19.8. The van der Waals surface area contributed by atoms with Gasteiger partial charge in [-0.05, 0) is 101 Å². The standard InChI is InChI=1S/C43H43F8N7O5S2/c1-42(2,64(60,61)25-7-8-25)13-12-24-6-11-27(28-4-3-5-29-38(28)57(19-33(46)47)55-41(29)56-65(62,63)26-9-10-26)36(52-24)32(16-21-14-22(44)17-23(45)15-21)53-34(59)20-58-39-35(37(54-58)40(48)49)30-18-31(30)43(39,50)51/h3-6,11,14-15,17,25-26,30-33,40H,7-10,12-13,16,18-20H2,1-2H3,(H,53,59)(H,55,56)/t30-,31?,32-/m0/s1. The summed E-state index contributed by atoms with van der Waals surface area (Å²) in [5.74, 6) is -8.87. The van der Waals surface area contributed by atoms with Gasteiger partial charge in [0.1, 0.15) is 36.1 Å². The molecule has 0 aliphatic heterocycles. The summed E-state index contributed by atoms with van der Waals surface area (Å²) in [4.78, 5) is 19.0. The number of nitrogens with zero attached hydrogens (tertiary/aromatic N) is 5. The van der Waals surface area contributed by atoms with Gasteiger partial charge in [0.05, 0.1) is 32.5 Å². The molecule has 0 bridgehead atoms. The van der Waals surface area contributed by atoms with Crippen molar-refractivity contribution in [3.63, 3.8) is 0 Å². The number of nitrogens with one attached hydrogen (secondary N) is 2. The Labute approximate surface area is 368 Å². The number of amides is 1. The van der Waals surface area contributed by atoms with Crippen LogP contribution < -0.4 is 10.0 Å². The molecule has 2 N–H and O–H groups in total. The Kier molecular flexibility index (Phi) is 11.1. The van der Waals surface area contributed by atoms with E-state index in [1.807, 2.05) is 0 Å². The molecule has 3 fully saturated rings. The smallest absolute Gasteiger partial charge is 0.293 e. The first kappa shape index (κ1) is 45.1. The summed E-state index contributed by atoms with van der Waals surface area (Å²) in [5.41, 5.74) is -1.46. The highest BCUT2D eigenvalue weighted by atomic mass is 32.2. The van der Waals surface area contributed by atoms with Crippen LogP contribution in [0.1, 0.15) is 105 Å². The van der Waals surface area contributed by atoms with Gasteiger partial charge in [0.2, 0.25) is 15.9 Å². The zero-order valence-corrected chi connectivity index (χ0v) is 36.5. The first-order valence-electron chi connectivity index (χ1n) is 21.1. The summed E-state index contributed by atoms with van der Waals surface area (Å²) in [6, 6.07) is 8.70. The molecule has 3 heterocycles. The third-order valence-electron chi connectivity index (χ3n) is 12.8. The van der Waals surface area contributed by atoms with Crippen LogP contribution in [0.3, 0.4) is 0 Å². The number of anilines is 1. The van der Waals surface area contributed by atoms with E-state index >= 15 is 8.78 Å². The number of fused-ring (bicyclic) bond motifs is 4. The Balaban J connectivity index is 1.17. The van der Waals surface area contributed by atoms with E-state index in [9.17, 15) is 48.0 Å². The second-order valence-corrected chi connectivity index (χ2v) is 22.8. The summed E-state index contributed by atoms with van der Waals surface area (Å²) < 4.78 is 173. The van der Waals surface area contributed by atoms with Crippen LogP contribution >= 0.6 is 0 Å². The number of aromatic nitrogens is 5. The van der Waals surface area contributed by atoms with Crippen molar-refractivity contribution in [2.75, 3.05) is 4.72 Å². The molecule has 3 saturated carbocycles. The van der Waals surface area contributed by atoms with Gasteiger partial charge in [0.25, 0.3) is 18.8 Å². The first-order chi connectivity index (χ1) is 30.6. The van der Waals surface area contributed by atoms with Crippen LogP contribution in [0.4, 0.5) is 40.9 Å². The quantitative estimate of drug-likeness (QED) is 0.0832. The Morgan fingerprint density at radius 3 is 2.23 bits per heavy atom. The maximum absolute atomic E-state index is 15.5. The number of carbonyl (C=O) groups excluding carboxylic acids is 1. The van der Waals surface area contributed by atoms with E-state index in [0.29, 0.717) is 36.4 Å². The van der Waals surface area contributed by atoms with E-state index in [1.165, 1.54) is 24.3 Å². The number of carbonyl (C=O) groups is 1. The number of alkyl halides is 6. The molecule has 4 aliphatic rings. The van der Waals surface area contributed by atoms with Gasteiger partial charge in [0, 0.05) is 39.8 Å². The summed E-state index contributed by atoms with van der Waals surface area (Å²) in [7, 11) is -7.51. The van der Waals surface area contributed by atoms with Crippen LogP contribution in [-0.2, 0) is 56.5 Å². The fourth-order valence-electron chi connectivity index (χ4n) is 9.07. The summed E-state index contributed by atoms with van der Waals surface area (Å²) in [5, 5.41) is 9.60. The van der Waals surface area contributed by atoms with Crippen molar-refractivity contribution >= 4 is 42.5 Å². The summed E-state index contributed by atoms with van der Waals surface area (Å²) in [6.07, 6.45) is -4.66. The first-order valence-corrected chi connectivity index (χ1v) is 24.2. The molecule has 5 aromatic rings. The number of pyridine rings is 1. The fraction of sp³-hybridized carbons (Fsp3) is 0.488. The number of benzene rings is 2. The molecule has 0 spiro atoms. The van der Waals surface area contributed by atoms with Gasteiger partial charge in [0.15, 0.2) is 15.7 Å². The maximum Gasteiger partial charge on any atom is 0.293 e. The Hall–Kier alpha value is -5.12. The number of sulfonamides is 1. The zero-order chi connectivity index (χ0) is 46.5. The lowest BCUT2D eigenvalue weighted by Crippen LogP contribution is -2.36. The number of para-hydroxylation sites is 1. The van der Waals surface area contributed by atoms with E-state index < -0.39 is 120 Å². The molecule has 2 aromatic carbocycles. The van der Waals surface area contributed by atoms with Gasteiger partial charge in [-0.3, -0.25) is 23.9 Å².